The van der Waals surface area contributed by atoms with E-state index in [1.807, 2.05) is 12.1 Å². The van der Waals surface area contributed by atoms with E-state index in [-0.39, 0.29) is 17.5 Å². The summed E-state index contributed by atoms with van der Waals surface area (Å²) in [7, 11) is 1.54. The van der Waals surface area contributed by atoms with E-state index in [0.717, 1.165) is 0 Å². The molecule has 0 aliphatic rings. The first-order valence-corrected chi connectivity index (χ1v) is 7.55. The number of ether oxygens (including phenoxy) is 1. The molecule has 1 amide bonds. The summed E-state index contributed by atoms with van der Waals surface area (Å²) in [4.78, 5) is 21.0. The fraction of sp³-hybridized carbons (Fsp3) is 0.176. The zero-order valence-electron chi connectivity index (χ0n) is 14.0. The van der Waals surface area contributed by atoms with E-state index >= 15 is 0 Å². The molecular formula is C17H17N5O3. The zero-order valence-corrected chi connectivity index (χ0v) is 14.0. The number of nitrogens with one attached hydrogen (secondary N) is 2. The van der Waals surface area contributed by atoms with Crippen molar-refractivity contribution >= 4 is 23.4 Å². The molecule has 0 aliphatic heterocycles. The van der Waals surface area contributed by atoms with Gasteiger partial charge in [0.1, 0.15) is 17.2 Å². The zero-order chi connectivity index (χ0) is 17.8. The van der Waals surface area contributed by atoms with Crippen LogP contribution >= 0.6 is 0 Å². The minimum atomic E-state index is -0.366. The Hall–Kier alpha value is -3.42. The molecule has 0 bridgehead atoms. The molecule has 2 heterocycles. The van der Waals surface area contributed by atoms with Crippen molar-refractivity contribution in [2.24, 2.45) is 0 Å². The topological polar surface area (TPSA) is 102 Å². The average Bonchev–Trinajstić information content (AvgIpc) is 2.99. The number of hydrogen-bond donors (Lipinski definition) is 2. The molecule has 25 heavy (non-hydrogen) atoms. The van der Waals surface area contributed by atoms with E-state index in [0.29, 0.717) is 28.7 Å². The minimum absolute atomic E-state index is 0.223. The number of carbonyl (C=O) groups excluding carboxylic acids is 1. The van der Waals surface area contributed by atoms with Crippen LogP contribution in [-0.2, 0) is 0 Å². The molecule has 0 aliphatic carbocycles. The van der Waals surface area contributed by atoms with Gasteiger partial charge in [0, 0.05) is 11.8 Å². The summed E-state index contributed by atoms with van der Waals surface area (Å²) in [5, 5.41) is 9.52. The first-order valence-electron chi connectivity index (χ1n) is 7.55. The number of aromatic nitrogens is 3. The molecule has 0 saturated heterocycles. The molecule has 0 fully saturated rings. The third-order valence-corrected chi connectivity index (χ3v) is 3.31. The fourth-order valence-electron chi connectivity index (χ4n) is 2.21. The molecule has 0 radical (unpaired) electrons. The highest BCUT2D eigenvalue weighted by Crippen LogP contribution is 2.23. The normalized spacial score (nSPS) is 10.4. The van der Waals surface area contributed by atoms with Crippen molar-refractivity contribution in [1.29, 1.82) is 0 Å². The van der Waals surface area contributed by atoms with Crippen molar-refractivity contribution in [3.63, 3.8) is 0 Å². The summed E-state index contributed by atoms with van der Waals surface area (Å²) in [5.74, 6) is 1.59. The highest BCUT2D eigenvalue weighted by molar-refractivity contribution is 6.03. The Morgan fingerprint density at radius 1 is 1.16 bits per heavy atom. The van der Waals surface area contributed by atoms with Gasteiger partial charge in [-0.2, -0.15) is 0 Å². The largest absolute Gasteiger partial charge is 0.495 e. The average molecular weight is 339 g/mol. The molecule has 0 spiro atoms. The van der Waals surface area contributed by atoms with Gasteiger partial charge < -0.3 is 19.9 Å². The summed E-state index contributed by atoms with van der Waals surface area (Å²) in [6, 6.07) is 10.5. The Bertz CT molecular complexity index is 907. The SMILES string of the molecule is COc1ccccc1NC(=O)c1cc(C)nc(Nc2cc(C)on2)n1. The van der Waals surface area contributed by atoms with Crippen LogP contribution in [-0.4, -0.2) is 28.1 Å². The van der Waals surface area contributed by atoms with Crippen molar-refractivity contribution in [3.8, 4) is 5.75 Å². The highest BCUT2D eigenvalue weighted by atomic mass is 16.5. The third kappa shape index (κ3) is 3.92. The summed E-state index contributed by atoms with van der Waals surface area (Å²) in [5.41, 5.74) is 1.43. The van der Waals surface area contributed by atoms with Gasteiger partial charge in [-0.25, -0.2) is 9.97 Å². The molecular weight excluding hydrogens is 322 g/mol. The van der Waals surface area contributed by atoms with Gasteiger partial charge >= 0.3 is 0 Å². The monoisotopic (exact) mass is 339 g/mol. The number of aryl methyl sites for hydroxylation is 2. The maximum Gasteiger partial charge on any atom is 0.274 e. The standard InChI is InChI=1S/C17H17N5O3/c1-10-8-13(16(23)19-12-6-4-5-7-14(12)24-3)20-17(18-10)21-15-9-11(2)25-22-15/h4-9H,1-3H3,(H,19,23)(H,18,20,21,22). The maximum absolute atomic E-state index is 12.5. The second kappa shape index (κ2) is 7.00. The third-order valence-electron chi connectivity index (χ3n) is 3.31. The van der Waals surface area contributed by atoms with Gasteiger partial charge in [0.05, 0.1) is 12.8 Å². The number of carbonyl (C=O) groups is 1. The van der Waals surface area contributed by atoms with Crippen LogP contribution in [0, 0.1) is 13.8 Å². The van der Waals surface area contributed by atoms with Crippen LogP contribution in [0.2, 0.25) is 0 Å². The van der Waals surface area contributed by atoms with Gasteiger partial charge in [-0.1, -0.05) is 17.3 Å². The summed E-state index contributed by atoms with van der Waals surface area (Å²) in [6.07, 6.45) is 0. The minimum Gasteiger partial charge on any atom is -0.495 e. The Balaban J connectivity index is 1.82. The molecule has 0 atom stereocenters. The quantitative estimate of drug-likeness (QED) is 0.736. The van der Waals surface area contributed by atoms with Crippen LogP contribution in [0.1, 0.15) is 21.9 Å². The van der Waals surface area contributed by atoms with Gasteiger partial charge in [0.2, 0.25) is 5.95 Å². The molecule has 0 saturated carbocycles. The van der Waals surface area contributed by atoms with Gasteiger partial charge in [0.15, 0.2) is 5.82 Å². The van der Waals surface area contributed by atoms with E-state index in [9.17, 15) is 4.79 Å². The predicted molar refractivity (Wildman–Crippen MR) is 92.2 cm³/mol. The summed E-state index contributed by atoms with van der Waals surface area (Å²) >= 11 is 0. The van der Waals surface area contributed by atoms with Crippen molar-refractivity contribution in [1.82, 2.24) is 15.1 Å². The molecule has 8 nitrogen and oxygen atoms in total. The fourth-order valence-corrected chi connectivity index (χ4v) is 2.21. The smallest absolute Gasteiger partial charge is 0.274 e. The summed E-state index contributed by atoms with van der Waals surface area (Å²) < 4.78 is 10.2. The first-order chi connectivity index (χ1) is 12.0. The van der Waals surface area contributed by atoms with E-state index in [2.05, 4.69) is 25.8 Å². The van der Waals surface area contributed by atoms with Crippen LogP contribution in [0.3, 0.4) is 0 Å². The van der Waals surface area contributed by atoms with E-state index in [1.165, 1.54) is 0 Å². The number of hydrogen-bond acceptors (Lipinski definition) is 7. The Kier molecular flexibility index (Phi) is 4.60. The van der Waals surface area contributed by atoms with Crippen molar-refractivity contribution < 1.29 is 14.1 Å². The van der Waals surface area contributed by atoms with Crippen LogP contribution < -0.4 is 15.4 Å². The predicted octanol–water partition coefficient (Wildman–Crippen LogP) is 3.09. The van der Waals surface area contributed by atoms with Crippen LogP contribution in [0.4, 0.5) is 17.5 Å². The number of para-hydroxylation sites is 2. The maximum atomic E-state index is 12.5. The van der Waals surface area contributed by atoms with Gasteiger partial charge in [-0.15, -0.1) is 0 Å². The number of benzene rings is 1. The van der Waals surface area contributed by atoms with Gasteiger partial charge in [-0.3, -0.25) is 4.79 Å². The van der Waals surface area contributed by atoms with Gasteiger partial charge in [-0.05, 0) is 32.0 Å². The Morgan fingerprint density at radius 2 is 1.96 bits per heavy atom. The Morgan fingerprint density at radius 3 is 2.68 bits per heavy atom. The van der Waals surface area contributed by atoms with Crippen molar-refractivity contribution in [2.75, 3.05) is 17.7 Å². The van der Waals surface area contributed by atoms with E-state index in [1.54, 1.807) is 45.2 Å². The lowest BCUT2D eigenvalue weighted by atomic mass is 10.2. The second-order valence-electron chi connectivity index (χ2n) is 5.32. The number of amides is 1. The molecule has 0 unspecified atom stereocenters. The molecule has 3 rings (SSSR count). The molecule has 3 aromatic rings. The van der Waals surface area contributed by atoms with Crippen LogP contribution in [0.25, 0.3) is 0 Å². The second-order valence-corrected chi connectivity index (χ2v) is 5.32. The molecule has 2 N–H and O–H groups in total. The lowest BCUT2D eigenvalue weighted by Gasteiger charge is -2.10. The lowest BCUT2D eigenvalue weighted by Crippen LogP contribution is -2.16. The Labute approximate surface area is 144 Å². The number of rotatable bonds is 5. The first kappa shape index (κ1) is 16.4. The van der Waals surface area contributed by atoms with Crippen molar-refractivity contribution in [2.45, 2.75) is 13.8 Å². The van der Waals surface area contributed by atoms with Crippen LogP contribution in [0.5, 0.6) is 5.75 Å². The van der Waals surface area contributed by atoms with Crippen molar-refractivity contribution in [3.05, 3.63) is 53.5 Å². The molecule has 1 aromatic carbocycles. The van der Waals surface area contributed by atoms with E-state index < -0.39 is 0 Å². The number of nitrogens with zero attached hydrogens (tertiary/aromatic N) is 3. The van der Waals surface area contributed by atoms with Gasteiger partial charge in [0.25, 0.3) is 5.91 Å². The highest BCUT2D eigenvalue weighted by Gasteiger charge is 2.14. The summed E-state index contributed by atoms with van der Waals surface area (Å²) in [6.45, 7) is 3.56. The molecule has 8 heteroatoms. The van der Waals surface area contributed by atoms with Crippen LogP contribution in [0.15, 0.2) is 40.9 Å². The number of methoxy groups -OCH3 is 1. The molecule has 2 aromatic heterocycles. The number of anilines is 3. The molecule has 128 valence electrons. The van der Waals surface area contributed by atoms with E-state index in [4.69, 9.17) is 9.26 Å². The lowest BCUT2D eigenvalue weighted by molar-refractivity contribution is 0.102.